The van der Waals surface area contributed by atoms with Crippen LogP contribution in [0.5, 0.6) is 0 Å². The first kappa shape index (κ1) is 14.1. The number of anilines is 1. The third-order valence-corrected chi connectivity index (χ3v) is 4.92. The van der Waals surface area contributed by atoms with Gasteiger partial charge in [-0.1, -0.05) is 24.7 Å². The Morgan fingerprint density at radius 1 is 1.47 bits per heavy atom. The number of hydrogen-bond donors (Lipinski definition) is 0. The number of aryl methyl sites for hydroxylation is 2. The van der Waals surface area contributed by atoms with Gasteiger partial charge in [0.2, 0.25) is 0 Å². The second-order valence-electron chi connectivity index (χ2n) is 4.39. The summed E-state index contributed by atoms with van der Waals surface area (Å²) in [4.78, 5) is 24.0. The number of thiazole rings is 2. The molecule has 19 heavy (non-hydrogen) atoms. The zero-order valence-corrected chi connectivity index (χ0v) is 13.0. The molecule has 2 aromatic rings. The van der Waals surface area contributed by atoms with E-state index in [0.29, 0.717) is 0 Å². The summed E-state index contributed by atoms with van der Waals surface area (Å²) in [5.41, 5.74) is 3.85. The smallest absolute Gasteiger partial charge is 0.186 e. The van der Waals surface area contributed by atoms with E-state index in [4.69, 9.17) is 0 Å². The lowest BCUT2D eigenvalue weighted by molar-refractivity contribution is 0.112. The fraction of sp³-hybridized carbons (Fsp3) is 0.462. The summed E-state index contributed by atoms with van der Waals surface area (Å²) < 4.78 is 0. The standard InChI is InChI=1S/C13H17N3OS2/c1-4-5-10-12(7-17)19-13(15-10)16(3)6-11-9(2)14-8-18-11/h7-8H,4-6H2,1-3H3. The van der Waals surface area contributed by atoms with Crippen LogP contribution in [0.4, 0.5) is 5.13 Å². The van der Waals surface area contributed by atoms with Crippen LogP contribution in [0.3, 0.4) is 0 Å². The number of aromatic nitrogens is 2. The molecule has 0 fully saturated rings. The Labute approximate surface area is 121 Å². The molecule has 102 valence electrons. The zero-order chi connectivity index (χ0) is 13.8. The molecule has 0 bridgehead atoms. The molecular weight excluding hydrogens is 278 g/mol. The molecule has 0 amide bonds. The third kappa shape index (κ3) is 3.19. The molecule has 0 unspecified atom stereocenters. The van der Waals surface area contributed by atoms with Crippen LogP contribution in [0.1, 0.15) is 39.3 Å². The summed E-state index contributed by atoms with van der Waals surface area (Å²) in [5, 5.41) is 0.901. The Bertz CT molecular complexity index is 562. The summed E-state index contributed by atoms with van der Waals surface area (Å²) in [7, 11) is 2.00. The summed E-state index contributed by atoms with van der Waals surface area (Å²) in [5.74, 6) is 0. The Morgan fingerprint density at radius 2 is 2.26 bits per heavy atom. The Kier molecular flexibility index (Phi) is 4.66. The van der Waals surface area contributed by atoms with Crippen molar-refractivity contribution in [3.05, 3.63) is 26.7 Å². The normalized spacial score (nSPS) is 10.7. The molecule has 0 aliphatic carbocycles. The molecule has 0 N–H and O–H groups in total. The van der Waals surface area contributed by atoms with Crippen LogP contribution in [0.25, 0.3) is 0 Å². The highest BCUT2D eigenvalue weighted by molar-refractivity contribution is 7.17. The predicted molar refractivity (Wildman–Crippen MR) is 80.5 cm³/mol. The molecule has 0 radical (unpaired) electrons. The van der Waals surface area contributed by atoms with Gasteiger partial charge in [-0.25, -0.2) is 9.97 Å². The first-order chi connectivity index (χ1) is 9.15. The summed E-state index contributed by atoms with van der Waals surface area (Å²) >= 11 is 3.12. The maximum Gasteiger partial charge on any atom is 0.186 e. The number of carbonyl (C=O) groups excluding carboxylic acids is 1. The molecule has 0 aromatic carbocycles. The van der Waals surface area contributed by atoms with Crippen molar-refractivity contribution < 1.29 is 4.79 Å². The fourth-order valence-electron chi connectivity index (χ4n) is 1.78. The van der Waals surface area contributed by atoms with Crippen molar-refractivity contribution in [3.8, 4) is 0 Å². The summed E-state index contributed by atoms with van der Waals surface area (Å²) in [6.07, 6.45) is 2.78. The molecule has 0 saturated heterocycles. The minimum atomic E-state index is 0.754. The molecule has 2 aromatic heterocycles. The lowest BCUT2D eigenvalue weighted by Gasteiger charge is -2.14. The van der Waals surface area contributed by atoms with Crippen molar-refractivity contribution in [1.82, 2.24) is 9.97 Å². The Morgan fingerprint density at radius 3 is 2.84 bits per heavy atom. The van der Waals surface area contributed by atoms with Crippen LogP contribution in [0, 0.1) is 6.92 Å². The van der Waals surface area contributed by atoms with E-state index in [-0.39, 0.29) is 0 Å². The van der Waals surface area contributed by atoms with Crippen molar-refractivity contribution in [2.75, 3.05) is 11.9 Å². The molecule has 0 saturated carbocycles. The van der Waals surface area contributed by atoms with Gasteiger partial charge in [-0.2, -0.15) is 0 Å². The molecule has 2 heterocycles. The number of rotatable bonds is 6. The van der Waals surface area contributed by atoms with E-state index in [0.717, 1.165) is 47.1 Å². The average molecular weight is 295 g/mol. The molecule has 4 nitrogen and oxygen atoms in total. The van der Waals surface area contributed by atoms with Crippen LogP contribution in [-0.2, 0) is 13.0 Å². The number of hydrogen-bond acceptors (Lipinski definition) is 6. The van der Waals surface area contributed by atoms with E-state index in [1.807, 2.05) is 19.5 Å². The van der Waals surface area contributed by atoms with E-state index in [1.165, 1.54) is 16.2 Å². The van der Waals surface area contributed by atoms with Crippen LogP contribution in [0.15, 0.2) is 5.51 Å². The van der Waals surface area contributed by atoms with E-state index in [9.17, 15) is 4.79 Å². The minimum absolute atomic E-state index is 0.754. The quantitative estimate of drug-likeness (QED) is 0.767. The second kappa shape index (κ2) is 6.25. The van der Waals surface area contributed by atoms with E-state index in [2.05, 4.69) is 21.8 Å². The Balaban J connectivity index is 2.17. The van der Waals surface area contributed by atoms with Crippen molar-refractivity contribution in [2.24, 2.45) is 0 Å². The lowest BCUT2D eigenvalue weighted by Crippen LogP contribution is -2.16. The maximum atomic E-state index is 11.1. The van der Waals surface area contributed by atoms with Gasteiger partial charge in [-0.3, -0.25) is 4.79 Å². The minimum Gasteiger partial charge on any atom is -0.346 e. The van der Waals surface area contributed by atoms with Gasteiger partial charge in [0.15, 0.2) is 11.4 Å². The van der Waals surface area contributed by atoms with Gasteiger partial charge < -0.3 is 4.90 Å². The van der Waals surface area contributed by atoms with Gasteiger partial charge in [-0.15, -0.1) is 11.3 Å². The highest BCUT2D eigenvalue weighted by atomic mass is 32.1. The maximum absolute atomic E-state index is 11.1. The molecule has 0 aliphatic heterocycles. The lowest BCUT2D eigenvalue weighted by atomic mass is 10.2. The van der Waals surface area contributed by atoms with Crippen molar-refractivity contribution in [1.29, 1.82) is 0 Å². The Hall–Kier alpha value is -1.27. The number of carbonyl (C=O) groups is 1. The summed E-state index contributed by atoms with van der Waals surface area (Å²) in [6, 6.07) is 0. The SMILES string of the molecule is CCCc1nc(N(C)Cc2scnc2C)sc1C=O. The molecule has 0 atom stereocenters. The van der Waals surface area contributed by atoms with Crippen molar-refractivity contribution in [2.45, 2.75) is 33.2 Å². The van der Waals surface area contributed by atoms with Crippen molar-refractivity contribution >= 4 is 34.1 Å². The fourth-order valence-corrected chi connectivity index (χ4v) is 3.50. The third-order valence-electron chi connectivity index (χ3n) is 2.86. The number of nitrogens with zero attached hydrogens (tertiary/aromatic N) is 3. The van der Waals surface area contributed by atoms with Gasteiger partial charge in [-0.05, 0) is 13.3 Å². The van der Waals surface area contributed by atoms with E-state index < -0.39 is 0 Å². The van der Waals surface area contributed by atoms with Gasteiger partial charge in [0.05, 0.1) is 28.3 Å². The molecule has 0 spiro atoms. The summed E-state index contributed by atoms with van der Waals surface area (Å²) in [6.45, 7) is 4.90. The second-order valence-corrected chi connectivity index (χ2v) is 6.34. The van der Waals surface area contributed by atoms with Crippen LogP contribution < -0.4 is 4.90 Å². The van der Waals surface area contributed by atoms with Gasteiger partial charge in [0.25, 0.3) is 0 Å². The average Bonchev–Trinajstić information content (AvgIpc) is 2.97. The van der Waals surface area contributed by atoms with Crippen LogP contribution in [-0.4, -0.2) is 23.3 Å². The first-order valence-corrected chi connectivity index (χ1v) is 7.90. The van der Waals surface area contributed by atoms with Gasteiger partial charge in [0, 0.05) is 11.9 Å². The number of aldehydes is 1. The van der Waals surface area contributed by atoms with Gasteiger partial charge in [0.1, 0.15) is 0 Å². The topological polar surface area (TPSA) is 46.1 Å². The highest BCUT2D eigenvalue weighted by Crippen LogP contribution is 2.27. The largest absolute Gasteiger partial charge is 0.346 e. The molecule has 2 rings (SSSR count). The molecular formula is C13H17N3OS2. The van der Waals surface area contributed by atoms with E-state index in [1.54, 1.807) is 11.3 Å². The predicted octanol–water partition coefficient (Wildman–Crippen LogP) is 3.31. The van der Waals surface area contributed by atoms with Gasteiger partial charge >= 0.3 is 0 Å². The molecule has 0 aliphatic rings. The first-order valence-electron chi connectivity index (χ1n) is 6.20. The van der Waals surface area contributed by atoms with Crippen LogP contribution in [0.2, 0.25) is 0 Å². The van der Waals surface area contributed by atoms with Crippen LogP contribution >= 0.6 is 22.7 Å². The zero-order valence-electron chi connectivity index (χ0n) is 11.3. The van der Waals surface area contributed by atoms with Crippen molar-refractivity contribution in [3.63, 3.8) is 0 Å². The van der Waals surface area contributed by atoms with E-state index >= 15 is 0 Å². The highest BCUT2D eigenvalue weighted by Gasteiger charge is 2.14. The monoisotopic (exact) mass is 295 g/mol. The molecule has 6 heteroatoms.